The molecule has 0 N–H and O–H groups in total. The second-order valence-corrected chi connectivity index (χ2v) is 17.6. The summed E-state index contributed by atoms with van der Waals surface area (Å²) in [7, 11) is 0. The van der Waals surface area contributed by atoms with Crippen LogP contribution >= 0.6 is 0 Å². The van der Waals surface area contributed by atoms with Crippen LogP contribution in [0.15, 0.2) is 243 Å². The molecule has 4 aromatic heterocycles. The van der Waals surface area contributed by atoms with E-state index in [0.29, 0.717) is 17.6 Å². The van der Waals surface area contributed by atoms with Crippen LogP contribution < -0.4 is 0 Å². The summed E-state index contributed by atoms with van der Waals surface area (Å²) >= 11 is 0. The van der Waals surface area contributed by atoms with Crippen LogP contribution in [-0.4, -0.2) is 28.7 Å². The standard InChI is InChI=1S/C63H40N6/c1-5-19-41(20-6-1)44-34-37-56(52(39-44)42-21-7-2-8-22-42)68-54-31-17-14-28-48(54)50-36-38-57-59(60(50)68)51-29-15-18-32-55(51)69(57)63-65-61(43-23-9-3-10-24-43)64-62(66-63)45-33-35-49-47-27-13-16-30-53(47)67(58(49)40-45)46-25-11-4-12-26-46/h1-40H. The van der Waals surface area contributed by atoms with Crippen LogP contribution in [-0.2, 0) is 0 Å². The molecule has 0 unspecified atom stereocenters. The fourth-order valence-corrected chi connectivity index (χ4v) is 10.6. The lowest BCUT2D eigenvalue weighted by Crippen LogP contribution is -2.06. The summed E-state index contributed by atoms with van der Waals surface area (Å²) in [5.41, 5.74) is 15.2. The van der Waals surface area contributed by atoms with Gasteiger partial charge in [-0.15, -0.1) is 0 Å². The lowest BCUT2D eigenvalue weighted by atomic mass is 9.97. The zero-order valence-corrected chi connectivity index (χ0v) is 37.3. The van der Waals surface area contributed by atoms with Gasteiger partial charge in [0.1, 0.15) is 0 Å². The van der Waals surface area contributed by atoms with Crippen molar-refractivity contribution in [1.29, 1.82) is 0 Å². The van der Waals surface area contributed by atoms with Gasteiger partial charge in [0.2, 0.25) is 5.95 Å². The molecule has 10 aromatic carbocycles. The molecule has 0 spiro atoms. The molecule has 0 saturated heterocycles. The van der Waals surface area contributed by atoms with E-state index in [-0.39, 0.29) is 0 Å². The van der Waals surface area contributed by atoms with E-state index in [9.17, 15) is 0 Å². The van der Waals surface area contributed by atoms with Gasteiger partial charge in [0.15, 0.2) is 11.6 Å². The van der Waals surface area contributed by atoms with Gasteiger partial charge in [-0.25, -0.2) is 4.98 Å². The number of aromatic nitrogens is 6. The molecule has 0 fully saturated rings. The summed E-state index contributed by atoms with van der Waals surface area (Å²) in [5.74, 6) is 1.75. The Morgan fingerprint density at radius 3 is 1.48 bits per heavy atom. The van der Waals surface area contributed by atoms with Crippen molar-refractivity contribution in [3.05, 3.63) is 243 Å². The summed E-state index contributed by atoms with van der Waals surface area (Å²) in [6, 6.07) is 86.3. The Morgan fingerprint density at radius 2 is 0.783 bits per heavy atom. The van der Waals surface area contributed by atoms with Gasteiger partial charge in [-0.2, -0.15) is 9.97 Å². The SMILES string of the molecule is c1ccc(-c2ccc(-n3c4ccccc4c4ccc5c(c6ccccc6n5-c5nc(-c6ccccc6)nc(-c6ccc7c8ccccc8n(-c8ccccc8)c7c6)n5)c43)c(-c3ccccc3)c2)cc1. The van der Waals surface area contributed by atoms with Crippen LogP contribution in [0.1, 0.15) is 0 Å². The van der Waals surface area contributed by atoms with Gasteiger partial charge in [-0.1, -0.05) is 188 Å². The van der Waals surface area contributed by atoms with Crippen molar-refractivity contribution in [3.8, 4) is 62.4 Å². The first-order valence-electron chi connectivity index (χ1n) is 23.4. The number of hydrogen-bond acceptors (Lipinski definition) is 3. The lowest BCUT2D eigenvalue weighted by Gasteiger charge is -2.17. The summed E-state index contributed by atoms with van der Waals surface area (Å²) in [6.07, 6.45) is 0. The number of nitrogens with zero attached hydrogens (tertiary/aromatic N) is 6. The van der Waals surface area contributed by atoms with E-state index in [1.165, 1.54) is 32.7 Å². The molecule has 4 heterocycles. The maximum absolute atomic E-state index is 5.46. The van der Waals surface area contributed by atoms with Crippen LogP contribution in [0.2, 0.25) is 0 Å². The van der Waals surface area contributed by atoms with E-state index in [1.54, 1.807) is 0 Å². The zero-order chi connectivity index (χ0) is 45.4. The Balaban J connectivity index is 1.05. The highest BCUT2D eigenvalue weighted by Crippen LogP contribution is 2.44. The molecular weight excluding hydrogens is 841 g/mol. The van der Waals surface area contributed by atoms with E-state index >= 15 is 0 Å². The highest BCUT2D eigenvalue weighted by atomic mass is 15.2. The number of fused-ring (bicyclic) bond motifs is 10. The van der Waals surface area contributed by atoms with Gasteiger partial charge in [0.25, 0.3) is 0 Å². The van der Waals surface area contributed by atoms with Gasteiger partial charge in [-0.05, 0) is 71.3 Å². The first kappa shape index (κ1) is 38.8. The number of hydrogen-bond donors (Lipinski definition) is 0. The molecule has 0 aliphatic carbocycles. The fourth-order valence-electron chi connectivity index (χ4n) is 10.6. The van der Waals surface area contributed by atoms with Crippen molar-refractivity contribution in [1.82, 2.24) is 28.7 Å². The Hall–Kier alpha value is -9.39. The normalized spacial score (nSPS) is 11.8. The lowest BCUT2D eigenvalue weighted by molar-refractivity contribution is 0.953. The quantitative estimate of drug-likeness (QED) is 0.160. The highest BCUT2D eigenvalue weighted by Gasteiger charge is 2.25. The van der Waals surface area contributed by atoms with Gasteiger partial charge in [-0.3, -0.25) is 4.57 Å². The number of benzene rings is 10. The molecule has 14 aromatic rings. The number of para-hydroxylation sites is 4. The first-order valence-corrected chi connectivity index (χ1v) is 23.4. The second-order valence-electron chi connectivity index (χ2n) is 17.6. The minimum atomic E-state index is 0.549. The van der Waals surface area contributed by atoms with Crippen molar-refractivity contribution in [2.45, 2.75) is 0 Å². The molecule has 0 saturated carbocycles. The van der Waals surface area contributed by atoms with E-state index in [1.807, 2.05) is 18.2 Å². The Bertz CT molecular complexity index is 4280. The van der Waals surface area contributed by atoms with E-state index < -0.39 is 0 Å². The van der Waals surface area contributed by atoms with Crippen LogP contribution in [0.5, 0.6) is 0 Å². The third kappa shape index (κ3) is 6.16. The molecular formula is C63H40N6. The summed E-state index contributed by atoms with van der Waals surface area (Å²) in [6.45, 7) is 0. The molecule has 0 bridgehead atoms. The summed E-state index contributed by atoms with van der Waals surface area (Å²) in [5, 5.41) is 6.97. The summed E-state index contributed by atoms with van der Waals surface area (Å²) < 4.78 is 7.06. The van der Waals surface area contributed by atoms with Gasteiger partial charge < -0.3 is 9.13 Å². The predicted molar refractivity (Wildman–Crippen MR) is 285 cm³/mol. The molecule has 6 nitrogen and oxygen atoms in total. The molecule has 0 atom stereocenters. The highest BCUT2D eigenvalue weighted by molar-refractivity contribution is 6.26. The second kappa shape index (κ2) is 15.6. The monoisotopic (exact) mass is 880 g/mol. The average Bonchev–Trinajstić information content (AvgIpc) is 4.07. The Kier molecular flexibility index (Phi) is 8.79. The molecule has 69 heavy (non-hydrogen) atoms. The maximum Gasteiger partial charge on any atom is 0.238 e. The van der Waals surface area contributed by atoms with Gasteiger partial charge in [0, 0.05) is 54.7 Å². The van der Waals surface area contributed by atoms with Crippen molar-refractivity contribution in [3.63, 3.8) is 0 Å². The van der Waals surface area contributed by atoms with Crippen LogP contribution in [0.4, 0.5) is 0 Å². The topological polar surface area (TPSA) is 53.5 Å². The van der Waals surface area contributed by atoms with E-state index in [0.717, 1.165) is 77.5 Å². The minimum absolute atomic E-state index is 0.549. The molecule has 0 aliphatic heterocycles. The molecule has 322 valence electrons. The van der Waals surface area contributed by atoms with E-state index in [2.05, 4.69) is 238 Å². The molecule has 0 aliphatic rings. The Labute approximate surface area is 397 Å². The molecule has 6 heteroatoms. The largest absolute Gasteiger partial charge is 0.309 e. The maximum atomic E-state index is 5.46. The first-order chi connectivity index (χ1) is 34.2. The zero-order valence-electron chi connectivity index (χ0n) is 37.3. The van der Waals surface area contributed by atoms with Gasteiger partial charge in [0.05, 0.1) is 38.8 Å². The molecule has 14 rings (SSSR count). The average molecular weight is 881 g/mol. The minimum Gasteiger partial charge on any atom is -0.309 e. The van der Waals surface area contributed by atoms with Crippen molar-refractivity contribution in [2.24, 2.45) is 0 Å². The number of rotatable bonds is 7. The van der Waals surface area contributed by atoms with Crippen molar-refractivity contribution in [2.75, 3.05) is 0 Å². The fraction of sp³-hybridized carbons (Fsp3) is 0. The predicted octanol–water partition coefficient (Wildman–Crippen LogP) is 15.8. The molecule has 0 radical (unpaired) electrons. The van der Waals surface area contributed by atoms with Crippen LogP contribution in [0.25, 0.3) is 128 Å². The van der Waals surface area contributed by atoms with Gasteiger partial charge >= 0.3 is 0 Å². The van der Waals surface area contributed by atoms with Crippen LogP contribution in [0.3, 0.4) is 0 Å². The third-order valence-electron chi connectivity index (χ3n) is 13.7. The van der Waals surface area contributed by atoms with Crippen molar-refractivity contribution < 1.29 is 0 Å². The Morgan fingerprint density at radius 1 is 0.275 bits per heavy atom. The third-order valence-corrected chi connectivity index (χ3v) is 13.7. The van der Waals surface area contributed by atoms with Crippen LogP contribution in [0, 0.1) is 0 Å². The van der Waals surface area contributed by atoms with E-state index in [4.69, 9.17) is 15.0 Å². The summed E-state index contributed by atoms with van der Waals surface area (Å²) in [4.78, 5) is 16.1. The van der Waals surface area contributed by atoms with Crippen molar-refractivity contribution >= 4 is 65.4 Å². The molecule has 0 amide bonds. The smallest absolute Gasteiger partial charge is 0.238 e.